The average molecular weight is 432 g/mol. The number of aromatic nitrogens is 1. The molecule has 5 nitrogen and oxygen atoms in total. The summed E-state index contributed by atoms with van der Waals surface area (Å²) in [6, 6.07) is 18.9. The number of aliphatic hydroxyl groups is 1. The van der Waals surface area contributed by atoms with Crippen LogP contribution in [-0.4, -0.2) is 35.3 Å². The first kappa shape index (κ1) is 21.6. The molecular formula is C26H25FN2O3. The van der Waals surface area contributed by atoms with Crippen LogP contribution in [0, 0.1) is 5.82 Å². The molecule has 32 heavy (non-hydrogen) atoms. The minimum absolute atomic E-state index is 0.202. The monoisotopic (exact) mass is 432 g/mol. The van der Waals surface area contributed by atoms with E-state index in [1.165, 1.54) is 12.1 Å². The summed E-state index contributed by atoms with van der Waals surface area (Å²) in [5.41, 5.74) is 3.96. The molecule has 0 unspecified atom stereocenters. The van der Waals surface area contributed by atoms with Crippen LogP contribution in [-0.2, 0) is 6.42 Å². The number of fused-ring (bicyclic) bond motifs is 1. The van der Waals surface area contributed by atoms with E-state index in [-0.39, 0.29) is 18.3 Å². The van der Waals surface area contributed by atoms with Gasteiger partial charge >= 0.3 is 0 Å². The fourth-order valence-corrected chi connectivity index (χ4v) is 3.80. The van der Waals surface area contributed by atoms with Crippen LogP contribution >= 0.6 is 0 Å². The Morgan fingerprint density at radius 1 is 1.09 bits per heavy atom. The van der Waals surface area contributed by atoms with Crippen molar-refractivity contribution in [3.63, 3.8) is 0 Å². The molecule has 4 rings (SSSR count). The molecule has 164 valence electrons. The lowest BCUT2D eigenvalue weighted by atomic mass is 10.0. The Morgan fingerprint density at radius 2 is 1.84 bits per heavy atom. The van der Waals surface area contributed by atoms with E-state index in [1.807, 2.05) is 43.5 Å². The van der Waals surface area contributed by atoms with Gasteiger partial charge in [0.05, 0.1) is 24.8 Å². The molecule has 1 heterocycles. The molecule has 4 aromatic rings. The van der Waals surface area contributed by atoms with Gasteiger partial charge in [-0.05, 0) is 60.4 Å². The molecular weight excluding hydrogens is 407 g/mol. The number of ether oxygens (including phenoxy) is 1. The third-order valence-electron chi connectivity index (χ3n) is 5.40. The lowest BCUT2D eigenvalue weighted by molar-refractivity contribution is 0.0913. The molecule has 6 heteroatoms. The highest BCUT2D eigenvalue weighted by Crippen LogP contribution is 2.27. The van der Waals surface area contributed by atoms with Gasteiger partial charge in [-0.25, -0.2) is 4.39 Å². The Kier molecular flexibility index (Phi) is 6.52. The maximum absolute atomic E-state index is 13.3. The summed E-state index contributed by atoms with van der Waals surface area (Å²) < 4.78 is 19.0. The Bertz CT molecular complexity index is 1220. The second-order valence-electron chi connectivity index (χ2n) is 7.57. The minimum atomic E-state index is -0.467. The first-order chi connectivity index (χ1) is 15.6. The molecule has 0 aliphatic carbocycles. The molecule has 1 aromatic heterocycles. The number of hydrogen-bond donors (Lipinski definition) is 3. The number of benzene rings is 3. The maximum atomic E-state index is 13.3. The molecule has 0 bridgehead atoms. The van der Waals surface area contributed by atoms with Gasteiger partial charge in [0.2, 0.25) is 0 Å². The molecule has 0 fully saturated rings. The highest BCUT2D eigenvalue weighted by atomic mass is 19.1. The second-order valence-corrected chi connectivity index (χ2v) is 7.57. The van der Waals surface area contributed by atoms with Crippen LogP contribution in [0.5, 0.6) is 5.75 Å². The van der Waals surface area contributed by atoms with E-state index in [0.717, 1.165) is 27.6 Å². The van der Waals surface area contributed by atoms with Gasteiger partial charge in [-0.2, -0.15) is 0 Å². The smallest absolute Gasteiger partial charge is 0.255 e. The van der Waals surface area contributed by atoms with Crippen LogP contribution in [0.25, 0.3) is 22.0 Å². The standard InChI is InChI=1S/C26H25FN2O3/c1-2-32-25-12-9-18(17-7-10-20(27)11-8-17)14-23(25)26(31)29-21(16-30)13-19-15-28-24-6-4-3-5-22(19)24/h3-12,14-15,21,28,30H,2,13,16H2,1H3,(H,29,31)/t21-/m1/s1. The minimum Gasteiger partial charge on any atom is -0.493 e. The van der Waals surface area contributed by atoms with Crippen molar-refractivity contribution in [3.8, 4) is 16.9 Å². The number of carbonyl (C=O) groups is 1. The van der Waals surface area contributed by atoms with Crippen molar-refractivity contribution in [2.24, 2.45) is 0 Å². The zero-order chi connectivity index (χ0) is 22.5. The molecule has 0 saturated carbocycles. The summed E-state index contributed by atoms with van der Waals surface area (Å²) in [4.78, 5) is 16.4. The van der Waals surface area contributed by atoms with E-state index in [1.54, 1.807) is 24.3 Å². The highest BCUT2D eigenvalue weighted by molar-refractivity contribution is 5.98. The predicted octanol–water partition coefficient (Wildman–Crippen LogP) is 4.71. The van der Waals surface area contributed by atoms with Crippen molar-refractivity contribution in [2.75, 3.05) is 13.2 Å². The van der Waals surface area contributed by atoms with E-state index < -0.39 is 6.04 Å². The summed E-state index contributed by atoms with van der Waals surface area (Å²) in [5.74, 6) is -0.198. The molecule has 0 radical (unpaired) electrons. The number of halogens is 1. The van der Waals surface area contributed by atoms with Gasteiger partial charge < -0.3 is 20.1 Å². The number of aliphatic hydroxyl groups excluding tert-OH is 1. The number of nitrogens with one attached hydrogen (secondary N) is 2. The van der Waals surface area contributed by atoms with E-state index in [9.17, 15) is 14.3 Å². The Balaban J connectivity index is 1.58. The van der Waals surface area contributed by atoms with Crippen LogP contribution in [0.4, 0.5) is 4.39 Å². The van der Waals surface area contributed by atoms with Crippen molar-refractivity contribution in [1.29, 1.82) is 0 Å². The Hall–Kier alpha value is -3.64. The van der Waals surface area contributed by atoms with Crippen LogP contribution in [0.3, 0.4) is 0 Å². The molecule has 0 aliphatic heterocycles. The molecule has 1 amide bonds. The van der Waals surface area contributed by atoms with Crippen molar-refractivity contribution in [3.05, 3.63) is 89.9 Å². The van der Waals surface area contributed by atoms with Crippen LogP contribution in [0.15, 0.2) is 72.9 Å². The van der Waals surface area contributed by atoms with Gasteiger partial charge in [0, 0.05) is 17.1 Å². The number of amides is 1. The summed E-state index contributed by atoms with van der Waals surface area (Å²) >= 11 is 0. The van der Waals surface area contributed by atoms with Gasteiger partial charge in [-0.3, -0.25) is 4.79 Å². The van der Waals surface area contributed by atoms with Crippen molar-refractivity contribution in [1.82, 2.24) is 10.3 Å². The molecule has 3 aromatic carbocycles. The fraction of sp³-hybridized carbons (Fsp3) is 0.192. The average Bonchev–Trinajstić information content (AvgIpc) is 3.22. The summed E-state index contributed by atoms with van der Waals surface area (Å²) in [7, 11) is 0. The lowest BCUT2D eigenvalue weighted by Crippen LogP contribution is -2.39. The van der Waals surface area contributed by atoms with Gasteiger partial charge in [0.1, 0.15) is 11.6 Å². The summed E-state index contributed by atoms with van der Waals surface area (Å²) in [5, 5.41) is 13.9. The quantitative estimate of drug-likeness (QED) is 0.378. The number of para-hydroxylation sites is 1. The number of H-pyrrole nitrogens is 1. The van der Waals surface area contributed by atoms with Crippen LogP contribution in [0.1, 0.15) is 22.8 Å². The number of aromatic amines is 1. The van der Waals surface area contributed by atoms with Crippen LogP contribution < -0.4 is 10.1 Å². The summed E-state index contributed by atoms with van der Waals surface area (Å²) in [6.45, 7) is 2.06. The van der Waals surface area contributed by atoms with Crippen molar-refractivity contribution >= 4 is 16.8 Å². The van der Waals surface area contributed by atoms with Crippen molar-refractivity contribution < 1.29 is 19.0 Å². The normalized spacial score (nSPS) is 12.0. The lowest BCUT2D eigenvalue weighted by Gasteiger charge is -2.18. The molecule has 0 aliphatic rings. The maximum Gasteiger partial charge on any atom is 0.255 e. The SMILES string of the molecule is CCOc1ccc(-c2ccc(F)cc2)cc1C(=O)N[C@@H](CO)Cc1c[nH]c2ccccc12. The fourth-order valence-electron chi connectivity index (χ4n) is 3.80. The number of carbonyl (C=O) groups excluding carboxylic acids is 1. The third kappa shape index (κ3) is 4.65. The predicted molar refractivity (Wildman–Crippen MR) is 123 cm³/mol. The van der Waals surface area contributed by atoms with Gasteiger partial charge in [0.15, 0.2) is 0 Å². The molecule has 1 atom stereocenters. The number of rotatable bonds is 8. The largest absolute Gasteiger partial charge is 0.493 e. The highest BCUT2D eigenvalue weighted by Gasteiger charge is 2.19. The van der Waals surface area contributed by atoms with E-state index in [4.69, 9.17) is 4.74 Å². The second kappa shape index (κ2) is 9.66. The van der Waals surface area contributed by atoms with Gasteiger partial charge in [0.25, 0.3) is 5.91 Å². The van der Waals surface area contributed by atoms with Crippen LogP contribution in [0.2, 0.25) is 0 Å². The van der Waals surface area contributed by atoms with E-state index in [2.05, 4.69) is 10.3 Å². The summed E-state index contributed by atoms with van der Waals surface area (Å²) in [6.07, 6.45) is 2.38. The Labute approximate surface area is 185 Å². The number of hydrogen-bond acceptors (Lipinski definition) is 3. The third-order valence-corrected chi connectivity index (χ3v) is 5.40. The van der Waals surface area contributed by atoms with E-state index >= 15 is 0 Å². The molecule has 3 N–H and O–H groups in total. The van der Waals surface area contributed by atoms with Gasteiger partial charge in [-0.15, -0.1) is 0 Å². The van der Waals surface area contributed by atoms with E-state index in [0.29, 0.717) is 24.3 Å². The first-order valence-electron chi connectivity index (χ1n) is 10.6. The first-order valence-corrected chi connectivity index (χ1v) is 10.6. The zero-order valence-electron chi connectivity index (χ0n) is 17.8. The zero-order valence-corrected chi connectivity index (χ0v) is 17.8. The van der Waals surface area contributed by atoms with Gasteiger partial charge in [-0.1, -0.05) is 36.4 Å². The topological polar surface area (TPSA) is 74.3 Å². The Morgan fingerprint density at radius 3 is 2.59 bits per heavy atom. The molecule has 0 spiro atoms. The van der Waals surface area contributed by atoms with Crippen molar-refractivity contribution in [2.45, 2.75) is 19.4 Å². The molecule has 0 saturated heterocycles.